The van der Waals surface area contributed by atoms with Gasteiger partial charge in [0.05, 0.1) is 24.1 Å². The lowest BCUT2D eigenvalue weighted by Gasteiger charge is -2.25. The normalized spacial score (nSPS) is 22.8. The van der Waals surface area contributed by atoms with E-state index in [4.69, 9.17) is 16.6 Å². The molecule has 0 unspecified atom stereocenters. The minimum absolute atomic E-state index is 0.0406. The van der Waals surface area contributed by atoms with Crippen molar-refractivity contribution < 1.29 is 12.8 Å². The van der Waals surface area contributed by atoms with Gasteiger partial charge in [0.1, 0.15) is 5.82 Å². The number of hydrogen-bond donors (Lipinski definition) is 0. The number of nitrogens with zero attached hydrogens (tertiary/aromatic N) is 2. The summed E-state index contributed by atoms with van der Waals surface area (Å²) in [6.45, 7) is 2.53. The number of anilines is 1. The summed E-state index contributed by atoms with van der Waals surface area (Å²) in [5, 5.41) is 1.11. The molecule has 2 atom stereocenters. The average molecular weight is 439 g/mol. The van der Waals surface area contributed by atoms with Gasteiger partial charge < -0.3 is 4.90 Å². The molecule has 0 amide bonds. The number of amidine groups is 1. The molecule has 0 spiro atoms. The molecule has 0 N–H and O–H groups in total. The summed E-state index contributed by atoms with van der Waals surface area (Å²) in [6.07, 6.45) is 0.946. The number of aryl methyl sites for hydroxylation is 1. The molecule has 0 radical (unpaired) electrons. The molecule has 1 fully saturated rings. The quantitative estimate of drug-likeness (QED) is 0.713. The third kappa shape index (κ3) is 4.07. The van der Waals surface area contributed by atoms with Crippen LogP contribution in [0.2, 0.25) is 5.02 Å². The Bertz CT molecular complexity index is 1030. The van der Waals surface area contributed by atoms with Crippen molar-refractivity contribution in [2.45, 2.75) is 31.2 Å². The third-order valence-corrected chi connectivity index (χ3v) is 8.64. The van der Waals surface area contributed by atoms with E-state index < -0.39 is 9.84 Å². The highest BCUT2D eigenvalue weighted by Crippen LogP contribution is 2.37. The van der Waals surface area contributed by atoms with Gasteiger partial charge in [0.15, 0.2) is 15.0 Å². The summed E-state index contributed by atoms with van der Waals surface area (Å²) in [7, 11) is -3.01. The Morgan fingerprint density at radius 1 is 1.21 bits per heavy atom. The predicted molar refractivity (Wildman–Crippen MR) is 115 cm³/mol. The van der Waals surface area contributed by atoms with Crippen LogP contribution in [0.5, 0.6) is 0 Å². The van der Waals surface area contributed by atoms with Crippen molar-refractivity contribution in [3.05, 3.63) is 64.4 Å². The summed E-state index contributed by atoms with van der Waals surface area (Å²) < 4.78 is 37.2. The Kier molecular flexibility index (Phi) is 5.42. The zero-order valence-electron chi connectivity index (χ0n) is 15.3. The number of thioether (sulfide) groups is 1. The number of aliphatic imine (C=N–C) groups is 1. The predicted octanol–water partition coefficient (Wildman–Crippen LogP) is 4.32. The first-order chi connectivity index (χ1) is 13.3. The highest BCUT2D eigenvalue weighted by atomic mass is 35.5. The molecule has 2 aromatic carbocycles. The van der Waals surface area contributed by atoms with Gasteiger partial charge >= 0.3 is 0 Å². The fourth-order valence-corrected chi connectivity index (χ4v) is 7.48. The molecule has 2 aliphatic heterocycles. The lowest BCUT2D eigenvalue weighted by molar-refractivity contribution is 0.601. The zero-order valence-corrected chi connectivity index (χ0v) is 17.7. The Hall–Kier alpha value is -1.57. The van der Waals surface area contributed by atoms with Gasteiger partial charge in [-0.25, -0.2) is 12.8 Å². The SMILES string of the molecule is CCc1ccc(N(Cc2ccc(F)cc2Cl)C2=N[C@H]3CS(=O)(=O)C[C@@H]3S2)cc1. The van der Waals surface area contributed by atoms with Gasteiger partial charge in [0, 0.05) is 16.0 Å². The number of halogens is 2. The summed E-state index contributed by atoms with van der Waals surface area (Å²) in [4.78, 5) is 6.75. The molecule has 28 heavy (non-hydrogen) atoms. The van der Waals surface area contributed by atoms with Gasteiger partial charge in [0.2, 0.25) is 0 Å². The number of sulfone groups is 1. The number of benzene rings is 2. The maximum Gasteiger partial charge on any atom is 0.164 e. The molecule has 0 saturated carbocycles. The second-order valence-corrected chi connectivity index (χ2v) is 10.8. The summed E-state index contributed by atoms with van der Waals surface area (Å²) >= 11 is 7.76. The molecule has 4 rings (SSSR count). The standard InChI is InChI=1S/C20H20ClFN2O2S2/c1-2-13-3-7-16(8-4-13)24(10-14-5-6-15(22)9-17(14)21)20-23-18-11-28(25,26)12-19(18)27-20/h3-9,18-19H,2,10-12H2,1H3/t18-,19-/m0/s1. The van der Waals surface area contributed by atoms with Crippen LogP contribution in [0.25, 0.3) is 0 Å². The second kappa shape index (κ2) is 7.69. The second-order valence-electron chi connectivity index (χ2n) is 7.05. The number of fused-ring (bicyclic) bond motifs is 1. The Morgan fingerprint density at radius 2 is 1.96 bits per heavy atom. The van der Waals surface area contributed by atoms with Crippen molar-refractivity contribution in [1.29, 1.82) is 0 Å². The molecule has 0 bridgehead atoms. The van der Waals surface area contributed by atoms with Crippen LogP contribution in [0.4, 0.5) is 10.1 Å². The van der Waals surface area contributed by atoms with E-state index in [0.717, 1.165) is 22.8 Å². The van der Waals surface area contributed by atoms with E-state index in [9.17, 15) is 12.8 Å². The van der Waals surface area contributed by atoms with Crippen LogP contribution >= 0.6 is 23.4 Å². The van der Waals surface area contributed by atoms with Crippen LogP contribution in [0.1, 0.15) is 18.1 Å². The van der Waals surface area contributed by atoms with E-state index in [1.54, 1.807) is 6.07 Å². The lowest BCUT2D eigenvalue weighted by Crippen LogP contribution is -2.28. The van der Waals surface area contributed by atoms with Gasteiger partial charge in [-0.3, -0.25) is 4.99 Å². The molecule has 1 saturated heterocycles. The summed E-state index contributed by atoms with van der Waals surface area (Å²) in [5.74, 6) is -0.108. The Morgan fingerprint density at radius 3 is 2.61 bits per heavy atom. The van der Waals surface area contributed by atoms with Crippen LogP contribution in [0.15, 0.2) is 47.5 Å². The van der Waals surface area contributed by atoms with Crippen LogP contribution in [0.3, 0.4) is 0 Å². The molecule has 8 heteroatoms. The van der Waals surface area contributed by atoms with Crippen LogP contribution in [0, 0.1) is 5.82 Å². The van der Waals surface area contributed by atoms with Gasteiger partial charge in [0.25, 0.3) is 0 Å². The highest BCUT2D eigenvalue weighted by molar-refractivity contribution is 8.15. The fourth-order valence-electron chi connectivity index (χ4n) is 3.47. The maximum atomic E-state index is 13.4. The van der Waals surface area contributed by atoms with Gasteiger partial charge in [-0.05, 0) is 41.8 Å². The fraction of sp³-hybridized carbons (Fsp3) is 0.350. The minimum atomic E-state index is -3.01. The van der Waals surface area contributed by atoms with Crippen molar-refractivity contribution >= 4 is 44.1 Å². The van der Waals surface area contributed by atoms with Gasteiger partial charge in [-0.2, -0.15) is 0 Å². The van der Waals surface area contributed by atoms with Crippen molar-refractivity contribution in [3.8, 4) is 0 Å². The average Bonchev–Trinajstić information content (AvgIpc) is 3.14. The number of hydrogen-bond acceptors (Lipinski definition) is 5. The smallest absolute Gasteiger partial charge is 0.164 e. The topological polar surface area (TPSA) is 49.7 Å². The molecule has 148 valence electrons. The molecular formula is C20H20ClFN2O2S2. The molecule has 0 aromatic heterocycles. The molecular weight excluding hydrogens is 419 g/mol. The van der Waals surface area contributed by atoms with Crippen molar-refractivity contribution in [2.75, 3.05) is 16.4 Å². The third-order valence-electron chi connectivity index (χ3n) is 5.04. The van der Waals surface area contributed by atoms with Crippen LogP contribution in [-0.2, 0) is 22.8 Å². The monoisotopic (exact) mass is 438 g/mol. The Labute approximate surface area is 173 Å². The zero-order chi connectivity index (χ0) is 19.9. The van der Waals surface area contributed by atoms with E-state index >= 15 is 0 Å². The van der Waals surface area contributed by atoms with E-state index in [1.807, 2.05) is 17.0 Å². The minimum Gasteiger partial charge on any atom is -0.317 e. The first-order valence-corrected chi connectivity index (χ1v) is 12.2. The largest absolute Gasteiger partial charge is 0.317 e. The van der Waals surface area contributed by atoms with Crippen molar-refractivity contribution in [1.82, 2.24) is 0 Å². The molecule has 2 aromatic rings. The highest BCUT2D eigenvalue weighted by Gasteiger charge is 2.44. The van der Waals surface area contributed by atoms with E-state index in [-0.39, 0.29) is 28.6 Å². The Balaban J connectivity index is 1.67. The van der Waals surface area contributed by atoms with E-state index in [2.05, 4.69) is 19.1 Å². The van der Waals surface area contributed by atoms with Gasteiger partial charge in [-0.15, -0.1) is 0 Å². The van der Waals surface area contributed by atoms with Gasteiger partial charge in [-0.1, -0.05) is 48.5 Å². The van der Waals surface area contributed by atoms with Crippen LogP contribution < -0.4 is 4.90 Å². The molecule has 4 nitrogen and oxygen atoms in total. The first-order valence-electron chi connectivity index (χ1n) is 9.10. The molecule has 2 aliphatic rings. The van der Waals surface area contributed by atoms with E-state index in [0.29, 0.717) is 11.6 Å². The lowest BCUT2D eigenvalue weighted by atomic mass is 10.1. The van der Waals surface area contributed by atoms with Crippen molar-refractivity contribution in [3.63, 3.8) is 0 Å². The molecule has 2 heterocycles. The first kappa shape index (κ1) is 19.7. The van der Waals surface area contributed by atoms with Crippen molar-refractivity contribution in [2.24, 2.45) is 4.99 Å². The molecule has 0 aliphatic carbocycles. The number of rotatable bonds is 4. The van der Waals surface area contributed by atoms with E-state index in [1.165, 1.54) is 29.5 Å². The summed E-state index contributed by atoms with van der Waals surface area (Å²) in [5.41, 5.74) is 2.97. The summed E-state index contributed by atoms with van der Waals surface area (Å²) in [6, 6.07) is 12.4. The van der Waals surface area contributed by atoms with Crippen LogP contribution in [-0.4, -0.2) is 36.4 Å². The maximum absolute atomic E-state index is 13.4.